The first-order valence-corrected chi connectivity index (χ1v) is 12.2. The highest BCUT2D eigenvalue weighted by molar-refractivity contribution is 7.86. The predicted octanol–water partition coefficient (Wildman–Crippen LogP) is 3.22. The van der Waals surface area contributed by atoms with Crippen molar-refractivity contribution in [1.29, 1.82) is 0 Å². The molecule has 1 aromatic heterocycles. The second-order valence-corrected chi connectivity index (χ2v) is 9.90. The van der Waals surface area contributed by atoms with Crippen LogP contribution in [0.25, 0.3) is 11.1 Å². The van der Waals surface area contributed by atoms with Crippen molar-refractivity contribution in [3.8, 4) is 16.9 Å². The highest BCUT2D eigenvalue weighted by Crippen LogP contribution is 2.41. The number of hydrogen-bond acceptors (Lipinski definition) is 7. The van der Waals surface area contributed by atoms with Crippen LogP contribution in [0.3, 0.4) is 0 Å². The van der Waals surface area contributed by atoms with Crippen LogP contribution in [0, 0.1) is 12.7 Å². The number of aryl methyl sites for hydroxylation is 1. The molecule has 3 aromatic rings. The molecular weight excluding hydrogens is 483 g/mol. The molecule has 1 aliphatic heterocycles. The third kappa shape index (κ3) is 4.22. The van der Waals surface area contributed by atoms with E-state index in [0.717, 1.165) is 6.26 Å². The summed E-state index contributed by atoms with van der Waals surface area (Å²) < 4.78 is 43.1. The number of nitrogens with zero attached hydrogens (tertiary/aromatic N) is 3. The second kappa shape index (κ2) is 8.37. The van der Waals surface area contributed by atoms with E-state index in [1.807, 2.05) is 0 Å². The van der Waals surface area contributed by atoms with Crippen molar-refractivity contribution in [2.45, 2.75) is 12.5 Å². The molecule has 4 rings (SSSR count). The van der Waals surface area contributed by atoms with Crippen molar-refractivity contribution >= 4 is 33.6 Å². The molecular formula is C23H20ClFN4O4S. The van der Waals surface area contributed by atoms with E-state index in [2.05, 4.69) is 9.98 Å². The van der Waals surface area contributed by atoms with Crippen LogP contribution in [0.15, 0.2) is 59.7 Å². The van der Waals surface area contributed by atoms with Gasteiger partial charge < -0.3 is 9.92 Å². The molecule has 2 heterocycles. The van der Waals surface area contributed by atoms with Crippen molar-refractivity contribution in [3.05, 3.63) is 82.4 Å². The van der Waals surface area contributed by atoms with E-state index in [4.69, 9.17) is 21.5 Å². The Morgan fingerprint density at radius 3 is 2.44 bits per heavy atom. The quantitative estimate of drug-likeness (QED) is 0.536. The van der Waals surface area contributed by atoms with E-state index >= 15 is 4.39 Å². The van der Waals surface area contributed by atoms with Crippen LogP contribution in [0.4, 0.5) is 4.39 Å². The van der Waals surface area contributed by atoms with Gasteiger partial charge in [-0.15, -0.1) is 0 Å². The Balaban J connectivity index is 1.94. The predicted molar refractivity (Wildman–Crippen MR) is 126 cm³/mol. The van der Waals surface area contributed by atoms with Gasteiger partial charge in [0.05, 0.1) is 6.26 Å². The largest absolute Gasteiger partial charge is 0.383 e. The molecule has 0 saturated carbocycles. The summed E-state index contributed by atoms with van der Waals surface area (Å²) in [6, 6.07) is 11.6. The number of aromatic nitrogens is 1. The number of benzene rings is 2. The van der Waals surface area contributed by atoms with Gasteiger partial charge in [0.15, 0.2) is 11.5 Å². The van der Waals surface area contributed by atoms with E-state index in [9.17, 15) is 13.2 Å². The van der Waals surface area contributed by atoms with Crippen LogP contribution < -0.4 is 9.92 Å². The highest BCUT2D eigenvalue weighted by atomic mass is 35.5. The fourth-order valence-corrected chi connectivity index (χ4v) is 4.54. The van der Waals surface area contributed by atoms with E-state index in [0.29, 0.717) is 16.8 Å². The van der Waals surface area contributed by atoms with Crippen LogP contribution >= 0.6 is 11.6 Å². The van der Waals surface area contributed by atoms with E-state index < -0.39 is 27.4 Å². The number of carbonyl (C=O) groups excluding carboxylic acids is 1. The maximum Gasteiger partial charge on any atom is 0.306 e. The molecule has 0 saturated heterocycles. The lowest BCUT2D eigenvalue weighted by molar-refractivity contribution is -0.129. The summed E-state index contributed by atoms with van der Waals surface area (Å²) in [6.07, 6.45) is 2.44. The first-order chi connectivity index (χ1) is 15.9. The lowest BCUT2D eigenvalue weighted by Crippen LogP contribution is -2.41. The molecule has 0 bridgehead atoms. The fourth-order valence-electron chi connectivity index (χ4n) is 3.87. The van der Waals surface area contributed by atoms with E-state index in [-0.39, 0.29) is 27.9 Å². The lowest BCUT2D eigenvalue weighted by Gasteiger charge is -2.27. The van der Waals surface area contributed by atoms with Crippen molar-refractivity contribution in [2.24, 2.45) is 10.7 Å². The second-order valence-electron chi connectivity index (χ2n) is 7.89. The number of hydrogen-bond donors (Lipinski definition) is 1. The van der Waals surface area contributed by atoms with E-state index in [1.165, 1.54) is 48.3 Å². The standard InChI is InChI=1S/C23H20ClFN4O4S/c1-13-8-16(6-7-27-13)23(21(30)29(2)22(26)28-23)15-4-5-20(25)19(11-15)14-9-17(24)12-18(10-14)33-34(3,31)32/h4-12H,1-3H3,(H2,26,28)/t23-/m0/s1. The van der Waals surface area contributed by atoms with Crippen LogP contribution in [-0.2, 0) is 20.5 Å². The number of guanidine groups is 1. The summed E-state index contributed by atoms with van der Waals surface area (Å²) in [4.78, 5) is 23.4. The van der Waals surface area contributed by atoms with Crippen LogP contribution in [0.2, 0.25) is 5.02 Å². The van der Waals surface area contributed by atoms with Gasteiger partial charge in [-0.3, -0.25) is 14.7 Å². The number of carbonyl (C=O) groups is 1. The van der Waals surface area contributed by atoms with Gasteiger partial charge >= 0.3 is 10.1 Å². The molecule has 8 nitrogen and oxygen atoms in total. The number of halogens is 2. The molecule has 0 spiro atoms. The first kappa shape index (κ1) is 23.7. The Labute approximate surface area is 201 Å². The smallest absolute Gasteiger partial charge is 0.306 e. The summed E-state index contributed by atoms with van der Waals surface area (Å²) in [6.45, 7) is 1.78. The van der Waals surface area contributed by atoms with Crippen LogP contribution in [0.5, 0.6) is 5.75 Å². The van der Waals surface area contributed by atoms with Gasteiger partial charge in [-0.2, -0.15) is 8.42 Å². The van der Waals surface area contributed by atoms with Gasteiger partial charge in [-0.05, 0) is 60.0 Å². The summed E-state index contributed by atoms with van der Waals surface area (Å²) in [5.74, 6) is -1.10. The molecule has 1 amide bonds. The van der Waals surface area contributed by atoms with Gasteiger partial charge in [-0.25, -0.2) is 9.38 Å². The van der Waals surface area contributed by atoms with Gasteiger partial charge in [0.25, 0.3) is 5.91 Å². The van der Waals surface area contributed by atoms with Crippen LogP contribution in [0.1, 0.15) is 16.8 Å². The van der Waals surface area contributed by atoms with Gasteiger partial charge in [-0.1, -0.05) is 17.7 Å². The van der Waals surface area contributed by atoms with Gasteiger partial charge in [0.1, 0.15) is 11.6 Å². The maximum absolute atomic E-state index is 15.0. The van der Waals surface area contributed by atoms with Crippen LogP contribution in [-0.4, -0.2) is 43.5 Å². The number of nitrogens with two attached hydrogens (primary N) is 1. The normalized spacial score (nSPS) is 18.2. The zero-order valence-electron chi connectivity index (χ0n) is 18.4. The molecule has 0 aliphatic carbocycles. The molecule has 2 aromatic carbocycles. The number of pyridine rings is 1. The summed E-state index contributed by atoms with van der Waals surface area (Å²) in [5.41, 5.74) is 6.31. The molecule has 0 radical (unpaired) electrons. The SMILES string of the molecule is Cc1cc([C@]2(c3ccc(F)c(-c4cc(Cl)cc(OS(C)(=O)=O)c4)c3)N=C(N)N(C)C2=O)ccn1. The van der Waals surface area contributed by atoms with Crippen molar-refractivity contribution < 1.29 is 21.8 Å². The molecule has 0 fully saturated rings. The van der Waals surface area contributed by atoms with E-state index in [1.54, 1.807) is 25.3 Å². The molecule has 176 valence electrons. The Bertz CT molecular complexity index is 1460. The van der Waals surface area contributed by atoms with Gasteiger partial charge in [0, 0.05) is 35.6 Å². The summed E-state index contributed by atoms with van der Waals surface area (Å²) in [5, 5.41) is 0.138. The minimum atomic E-state index is -3.83. The van der Waals surface area contributed by atoms with Crippen molar-refractivity contribution in [3.63, 3.8) is 0 Å². The minimum absolute atomic E-state index is 0.0111. The maximum atomic E-state index is 15.0. The molecule has 11 heteroatoms. The topological polar surface area (TPSA) is 115 Å². The zero-order chi connectivity index (χ0) is 24.8. The fraction of sp³-hybridized carbons (Fsp3) is 0.174. The average molecular weight is 503 g/mol. The van der Waals surface area contributed by atoms with Gasteiger partial charge in [0.2, 0.25) is 0 Å². The number of aliphatic imine (C=N–C) groups is 1. The number of rotatable bonds is 5. The number of likely N-dealkylation sites (N-methyl/N-ethyl adjacent to an activating group) is 1. The Kier molecular flexibility index (Phi) is 5.82. The Morgan fingerprint density at radius 1 is 1.12 bits per heavy atom. The number of amides is 1. The van der Waals surface area contributed by atoms with Crippen molar-refractivity contribution in [2.75, 3.05) is 13.3 Å². The Morgan fingerprint density at radius 2 is 1.82 bits per heavy atom. The minimum Gasteiger partial charge on any atom is -0.383 e. The summed E-state index contributed by atoms with van der Waals surface area (Å²) in [7, 11) is -2.33. The lowest BCUT2D eigenvalue weighted by atomic mass is 9.81. The molecule has 1 aliphatic rings. The average Bonchev–Trinajstić information content (AvgIpc) is 2.97. The molecule has 0 unspecified atom stereocenters. The molecule has 2 N–H and O–H groups in total. The first-order valence-electron chi connectivity index (χ1n) is 9.98. The summed E-state index contributed by atoms with van der Waals surface area (Å²) >= 11 is 6.15. The third-order valence-corrected chi connectivity index (χ3v) is 6.08. The molecule has 34 heavy (non-hydrogen) atoms. The third-order valence-electron chi connectivity index (χ3n) is 5.37. The highest BCUT2D eigenvalue weighted by Gasteiger charge is 2.49. The zero-order valence-corrected chi connectivity index (χ0v) is 20.0. The van der Waals surface area contributed by atoms with Crippen molar-refractivity contribution in [1.82, 2.24) is 9.88 Å². The Hall–Kier alpha value is -3.50. The molecule has 1 atom stereocenters. The monoisotopic (exact) mass is 502 g/mol.